The number of hydrogen-bond acceptors (Lipinski definition) is 8. The number of nitrogens with one attached hydrogen (secondary N) is 3. The number of aliphatic carboxylic acids is 1. The molecule has 0 aliphatic rings. The quantitative estimate of drug-likeness (QED) is 0.161. The number of amides is 3. The van der Waals surface area contributed by atoms with Gasteiger partial charge >= 0.3 is 5.97 Å². The summed E-state index contributed by atoms with van der Waals surface area (Å²) in [6.07, 6.45) is -2.53. The van der Waals surface area contributed by atoms with E-state index in [2.05, 4.69) is 16.0 Å². The topological polar surface area (TPSA) is 211 Å². The third kappa shape index (κ3) is 9.89. The second-order valence-corrected chi connectivity index (χ2v) is 8.96. The van der Waals surface area contributed by atoms with Gasteiger partial charge in [-0.1, -0.05) is 26.0 Å². The van der Waals surface area contributed by atoms with E-state index in [1.165, 1.54) is 38.1 Å². The fourth-order valence-corrected chi connectivity index (χ4v) is 3.26. The summed E-state index contributed by atoms with van der Waals surface area (Å²) in [4.78, 5) is 49.7. The smallest absolute Gasteiger partial charge is 0.328 e. The SMILES string of the molecule is CC(C)CC(N)C(=O)NC(C(=O)NC(Cc1ccc(O)cc1)C(=O)NC(C(=O)O)C(C)O)C(C)O. The van der Waals surface area contributed by atoms with Gasteiger partial charge in [-0.25, -0.2) is 4.79 Å². The van der Waals surface area contributed by atoms with E-state index in [0.29, 0.717) is 12.0 Å². The summed E-state index contributed by atoms with van der Waals surface area (Å²) >= 11 is 0. The summed E-state index contributed by atoms with van der Waals surface area (Å²) in [5.74, 6) is -3.84. The molecule has 0 aromatic heterocycles. The predicted molar refractivity (Wildman–Crippen MR) is 126 cm³/mol. The molecule has 0 radical (unpaired) electrons. The predicted octanol–water partition coefficient (Wildman–Crippen LogP) is -1.39. The summed E-state index contributed by atoms with van der Waals surface area (Å²) in [6, 6.07) is 0.422. The standard InChI is InChI=1S/C23H36N4O8/c1-11(2)9-16(24)20(31)26-18(12(3)28)22(33)25-17(10-14-5-7-15(30)8-6-14)21(32)27-19(13(4)29)23(34)35/h5-8,11-13,16-19,28-30H,9-10,24H2,1-4H3,(H,25,33)(H,26,31)(H,27,32)(H,34,35). The van der Waals surface area contributed by atoms with Crippen molar-refractivity contribution in [3.63, 3.8) is 0 Å². The zero-order valence-electron chi connectivity index (χ0n) is 20.3. The van der Waals surface area contributed by atoms with E-state index in [9.17, 15) is 39.6 Å². The average Bonchev–Trinajstić information content (AvgIpc) is 2.75. The van der Waals surface area contributed by atoms with E-state index in [4.69, 9.17) is 5.73 Å². The maximum Gasteiger partial charge on any atom is 0.328 e. The number of carbonyl (C=O) groups is 4. The summed E-state index contributed by atoms with van der Waals surface area (Å²) in [5.41, 5.74) is 6.37. The molecule has 35 heavy (non-hydrogen) atoms. The lowest BCUT2D eigenvalue weighted by atomic mass is 10.0. The van der Waals surface area contributed by atoms with Crippen LogP contribution in [0.1, 0.15) is 39.7 Å². The van der Waals surface area contributed by atoms with Gasteiger partial charge in [-0.2, -0.15) is 0 Å². The van der Waals surface area contributed by atoms with Crippen molar-refractivity contribution >= 4 is 23.7 Å². The van der Waals surface area contributed by atoms with Crippen molar-refractivity contribution in [3.05, 3.63) is 29.8 Å². The van der Waals surface area contributed by atoms with E-state index in [1.807, 2.05) is 13.8 Å². The Morgan fingerprint density at radius 1 is 0.829 bits per heavy atom. The molecule has 0 fully saturated rings. The highest BCUT2D eigenvalue weighted by Crippen LogP contribution is 2.12. The highest BCUT2D eigenvalue weighted by molar-refractivity contribution is 5.94. The number of rotatable bonds is 13. The average molecular weight is 497 g/mol. The van der Waals surface area contributed by atoms with E-state index < -0.39 is 60.1 Å². The molecule has 6 atom stereocenters. The molecule has 1 aromatic carbocycles. The number of carbonyl (C=O) groups excluding carboxylic acids is 3. The van der Waals surface area contributed by atoms with Crippen LogP contribution in [0.4, 0.5) is 0 Å². The molecule has 0 aliphatic carbocycles. The first-order valence-electron chi connectivity index (χ1n) is 11.3. The maximum absolute atomic E-state index is 13.0. The van der Waals surface area contributed by atoms with Crippen molar-refractivity contribution < 1.29 is 39.6 Å². The molecule has 9 N–H and O–H groups in total. The molecule has 0 aliphatic heterocycles. The summed E-state index contributed by atoms with van der Waals surface area (Å²) in [5, 5.41) is 45.5. The van der Waals surface area contributed by atoms with Crippen LogP contribution in [0.2, 0.25) is 0 Å². The third-order valence-electron chi connectivity index (χ3n) is 5.18. The van der Waals surface area contributed by atoms with Gasteiger partial charge in [-0.3, -0.25) is 14.4 Å². The lowest BCUT2D eigenvalue weighted by Crippen LogP contribution is -2.60. The van der Waals surface area contributed by atoms with Gasteiger partial charge in [0.25, 0.3) is 0 Å². The largest absolute Gasteiger partial charge is 0.508 e. The summed E-state index contributed by atoms with van der Waals surface area (Å²) < 4.78 is 0. The second-order valence-electron chi connectivity index (χ2n) is 8.96. The normalized spacial score (nSPS) is 16.3. The highest BCUT2D eigenvalue weighted by atomic mass is 16.4. The zero-order chi connectivity index (χ0) is 26.9. The van der Waals surface area contributed by atoms with Crippen LogP contribution in [-0.2, 0) is 25.6 Å². The molecule has 1 aromatic rings. The Morgan fingerprint density at radius 3 is 1.80 bits per heavy atom. The number of nitrogens with two attached hydrogens (primary N) is 1. The van der Waals surface area contributed by atoms with Crippen LogP contribution in [0.15, 0.2) is 24.3 Å². The van der Waals surface area contributed by atoms with Crippen molar-refractivity contribution in [2.75, 3.05) is 0 Å². The Hall–Kier alpha value is -3.22. The van der Waals surface area contributed by atoms with E-state index in [0.717, 1.165) is 0 Å². The van der Waals surface area contributed by atoms with Gasteiger partial charge in [0.2, 0.25) is 17.7 Å². The van der Waals surface area contributed by atoms with Crippen LogP contribution in [0, 0.1) is 5.92 Å². The molecule has 3 amide bonds. The van der Waals surface area contributed by atoms with Gasteiger partial charge in [0.15, 0.2) is 6.04 Å². The van der Waals surface area contributed by atoms with E-state index in [-0.39, 0.29) is 18.1 Å². The summed E-state index contributed by atoms with van der Waals surface area (Å²) in [7, 11) is 0. The number of hydrogen-bond donors (Lipinski definition) is 8. The highest BCUT2D eigenvalue weighted by Gasteiger charge is 2.33. The lowest BCUT2D eigenvalue weighted by Gasteiger charge is -2.27. The van der Waals surface area contributed by atoms with Crippen molar-refractivity contribution in [2.45, 2.75) is 76.9 Å². The van der Waals surface area contributed by atoms with Gasteiger partial charge in [0, 0.05) is 6.42 Å². The van der Waals surface area contributed by atoms with Crippen LogP contribution in [0.25, 0.3) is 0 Å². The zero-order valence-corrected chi connectivity index (χ0v) is 20.3. The van der Waals surface area contributed by atoms with Gasteiger partial charge in [-0.15, -0.1) is 0 Å². The first kappa shape index (κ1) is 29.8. The first-order chi connectivity index (χ1) is 16.2. The molecule has 0 heterocycles. The van der Waals surface area contributed by atoms with Crippen molar-refractivity contribution in [1.29, 1.82) is 0 Å². The Kier molecular flexibility index (Phi) is 11.6. The van der Waals surface area contributed by atoms with Gasteiger partial charge in [0.1, 0.15) is 17.8 Å². The van der Waals surface area contributed by atoms with Crippen LogP contribution in [0.3, 0.4) is 0 Å². The van der Waals surface area contributed by atoms with Crippen LogP contribution in [0.5, 0.6) is 5.75 Å². The minimum atomic E-state index is -1.64. The molecule has 0 saturated carbocycles. The van der Waals surface area contributed by atoms with Gasteiger partial charge < -0.3 is 42.1 Å². The molecule has 12 nitrogen and oxygen atoms in total. The number of aliphatic hydroxyl groups is 2. The van der Waals surface area contributed by atoms with Crippen LogP contribution < -0.4 is 21.7 Å². The number of aromatic hydroxyl groups is 1. The number of phenols is 1. The minimum absolute atomic E-state index is 0.0200. The number of benzene rings is 1. The molecule has 12 heteroatoms. The molecule has 1 rings (SSSR count). The van der Waals surface area contributed by atoms with Crippen LogP contribution >= 0.6 is 0 Å². The van der Waals surface area contributed by atoms with E-state index >= 15 is 0 Å². The van der Waals surface area contributed by atoms with Crippen LogP contribution in [-0.4, -0.2) is 80.5 Å². The maximum atomic E-state index is 13.0. The number of carboxylic acid groups (broad SMARTS) is 1. The molecule has 0 bridgehead atoms. The Morgan fingerprint density at radius 2 is 1.34 bits per heavy atom. The Balaban J connectivity index is 3.12. The Labute approximate surface area is 203 Å². The van der Waals surface area contributed by atoms with Crippen molar-refractivity contribution in [1.82, 2.24) is 16.0 Å². The van der Waals surface area contributed by atoms with E-state index in [1.54, 1.807) is 0 Å². The molecule has 0 spiro atoms. The van der Waals surface area contributed by atoms with Crippen molar-refractivity contribution in [2.24, 2.45) is 11.7 Å². The van der Waals surface area contributed by atoms with Crippen molar-refractivity contribution in [3.8, 4) is 5.75 Å². The fourth-order valence-electron chi connectivity index (χ4n) is 3.26. The number of phenolic OH excluding ortho intramolecular Hbond substituents is 1. The monoisotopic (exact) mass is 496 g/mol. The third-order valence-corrected chi connectivity index (χ3v) is 5.18. The number of carboxylic acids is 1. The van der Waals surface area contributed by atoms with Gasteiger partial charge in [0.05, 0.1) is 18.2 Å². The summed E-state index contributed by atoms with van der Waals surface area (Å²) in [6.45, 7) is 6.21. The molecule has 196 valence electrons. The number of aliphatic hydroxyl groups excluding tert-OH is 2. The van der Waals surface area contributed by atoms with Gasteiger partial charge in [-0.05, 0) is 43.9 Å². The minimum Gasteiger partial charge on any atom is -0.508 e. The molecular formula is C23H36N4O8. The molecule has 0 saturated heterocycles. The Bertz CT molecular complexity index is 873. The second kappa shape index (κ2) is 13.6. The molecular weight excluding hydrogens is 460 g/mol. The molecule has 6 unspecified atom stereocenters. The fraction of sp³-hybridized carbons (Fsp3) is 0.565. The lowest BCUT2D eigenvalue weighted by molar-refractivity contribution is -0.145. The first-order valence-corrected chi connectivity index (χ1v) is 11.3.